The summed E-state index contributed by atoms with van der Waals surface area (Å²) in [4.78, 5) is 0. The highest BCUT2D eigenvalue weighted by molar-refractivity contribution is 7.91. The van der Waals surface area contributed by atoms with Crippen molar-refractivity contribution in [3.05, 3.63) is 29.8 Å². The molecule has 0 fully saturated rings. The van der Waals surface area contributed by atoms with E-state index in [4.69, 9.17) is 4.74 Å². The minimum atomic E-state index is -3.09. The number of hydrogen-bond donors (Lipinski definition) is 0. The molecule has 0 bridgehead atoms. The molecule has 2 rings (SSSR count). The Bertz CT molecular complexity index is 397. The van der Waals surface area contributed by atoms with Crippen molar-refractivity contribution < 1.29 is 13.2 Å². The lowest BCUT2D eigenvalue weighted by Gasteiger charge is -2.06. The van der Waals surface area contributed by atoms with Gasteiger partial charge in [0.25, 0.3) is 0 Å². The molecule has 1 heterocycles. The zero-order valence-electron chi connectivity index (χ0n) is 7.23. The van der Waals surface area contributed by atoms with E-state index in [1.54, 1.807) is 6.07 Å². The first-order valence-corrected chi connectivity index (χ1v) is 5.96. The van der Waals surface area contributed by atoms with Crippen LogP contribution in [0.15, 0.2) is 24.3 Å². The van der Waals surface area contributed by atoms with Crippen LogP contribution in [0.4, 0.5) is 0 Å². The van der Waals surface area contributed by atoms with Gasteiger partial charge in [-0.3, -0.25) is 0 Å². The van der Waals surface area contributed by atoms with Gasteiger partial charge in [0.1, 0.15) is 5.75 Å². The van der Waals surface area contributed by atoms with E-state index in [0.29, 0.717) is 12.2 Å². The van der Waals surface area contributed by atoms with E-state index in [-0.39, 0.29) is 0 Å². The third kappa shape index (κ3) is 1.54. The quantitative estimate of drug-likeness (QED) is 0.676. The van der Waals surface area contributed by atoms with Crippen molar-refractivity contribution in [3.63, 3.8) is 0 Å². The van der Waals surface area contributed by atoms with Gasteiger partial charge >= 0.3 is 0 Å². The Labute approximate surface area is 77.3 Å². The highest BCUT2D eigenvalue weighted by Crippen LogP contribution is 2.29. The summed E-state index contributed by atoms with van der Waals surface area (Å²) in [5.41, 5.74) is 0.280. The van der Waals surface area contributed by atoms with Crippen LogP contribution in [-0.2, 0) is 16.3 Å². The van der Waals surface area contributed by atoms with Crippen LogP contribution < -0.4 is 4.74 Å². The Morgan fingerprint density at radius 2 is 2.08 bits per heavy atom. The summed E-state index contributed by atoms with van der Waals surface area (Å²) < 4.78 is 27.6. The molecule has 1 aliphatic heterocycles. The van der Waals surface area contributed by atoms with Crippen molar-refractivity contribution in [2.24, 2.45) is 0 Å². The van der Waals surface area contributed by atoms with Gasteiger partial charge < -0.3 is 4.74 Å². The number of benzene rings is 1. The van der Waals surface area contributed by atoms with E-state index in [1.165, 1.54) is 6.26 Å². The molecule has 1 atom stereocenters. The summed E-state index contributed by atoms with van der Waals surface area (Å²) in [7, 11) is -3.09. The zero-order valence-corrected chi connectivity index (χ0v) is 8.04. The van der Waals surface area contributed by atoms with Crippen molar-refractivity contribution >= 4 is 9.84 Å². The monoisotopic (exact) mass is 198 g/mol. The average Bonchev–Trinajstić information content (AvgIpc) is 2.45. The molecule has 4 heteroatoms. The topological polar surface area (TPSA) is 43.4 Å². The minimum absolute atomic E-state index is 0.467. The molecule has 0 amide bonds. The molecular weight excluding hydrogens is 188 g/mol. The van der Waals surface area contributed by atoms with Crippen LogP contribution >= 0.6 is 0 Å². The Balaban J connectivity index is 2.33. The highest BCUT2D eigenvalue weighted by Gasteiger charge is 2.30. The Morgan fingerprint density at radius 3 is 2.69 bits per heavy atom. The molecule has 13 heavy (non-hydrogen) atoms. The SMILES string of the molecule is CS(=O)(=O)C1Cc2ccccc2O1. The van der Waals surface area contributed by atoms with E-state index in [1.807, 2.05) is 18.2 Å². The smallest absolute Gasteiger partial charge is 0.202 e. The van der Waals surface area contributed by atoms with Crippen molar-refractivity contribution in [2.45, 2.75) is 11.9 Å². The standard InChI is InChI=1S/C9H10O3S/c1-13(10,11)9-6-7-4-2-3-5-8(7)12-9/h2-5,9H,6H2,1H3. The molecule has 0 radical (unpaired) electrons. The summed E-state index contributed by atoms with van der Waals surface area (Å²) in [6.45, 7) is 0. The van der Waals surface area contributed by atoms with Gasteiger partial charge in [0, 0.05) is 12.7 Å². The molecule has 1 unspecified atom stereocenters. The minimum Gasteiger partial charge on any atom is -0.474 e. The second-order valence-corrected chi connectivity index (χ2v) is 5.37. The van der Waals surface area contributed by atoms with E-state index in [0.717, 1.165) is 5.56 Å². The summed E-state index contributed by atoms with van der Waals surface area (Å²) in [5, 5.41) is 0. The number of sulfone groups is 1. The van der Waals surface area contributed by atoms with E-state index >= 15 is 0 Å². The van der Waals surface area contributed by atoms with Gasteiger partial charge in [-0.15, -0.1) is 0 Å². The Kier molecular flexibility index (Phi) is 1.80. The van der Waals surface area contributed by atoms with Crippen LogP contribution in [0.25, 0.3) is 0 Å². The molecule has 1 aliphatic rings. The molecule has 0 saturated heterocycles. The fourth-order valence-corrected chi connectivity index (χ4v) is 2.15. The van der Waals surface area contributed by atoms with Crippen LogP contribution in [-0.4, -0.2) is 20.1 Å². The van der Waals surface area contributed by atoms with Crippen LogP contribution in [0, 0.1) is 0 Å². The fourth-order valence-electron chi connectivity index (χ4n) is 1.39. The van der Waals surface area contributed by atoms with Gasteiger partial charge in [0.05, 0.1) is 0 Å². The summed E-state index contributed by atoms with van der Waals surface area (Å²) >= 11 is 0. The predicted octanol–water partition coefficient (Wildman–Crippen LogP) is 0.992. The number of fused-ring (bicyclic) bond motifs is 1. The van der Waals surface area contributed by atoms with Gasteiger partial charge in [-0.1, -0.05) is 18.2 Å². The predicted molar refractivity (Wildman–Crippen MR) is 49.4 cm³/mol. The zero-order chi connectivity index (χ0) is 9.47. The molecule has 0 aromatic heterocycles. The van der Waals surface area contributed by atoms with Crippen LogP contribution in [0.2, 0.25) is 0 Å². The number of rotatable bonds is 1. The maximum Gasteiger partial charge on any atom is 0.202 e. The Hall–Kier alpha value is -1.03. The second-order valence-electron chi connectivity index (χ2n) is 3.19. The van der Waals surface area contributed by atoms with Gasteiger partial charge in [-0.05, 0) is 11.6 Å². The maximum absolute atomic E-state index is 11.2. The molecule has 3 nitrogen and oxygen atoms in total. The van der Waals surface area contributed by atoms with Gasteiger partial charge in [-0.2, -0.15) is 0 Å². The van der Waals surface area contributed by atoms with Crippen molar-refractivity contribution in [1.29, 1.82) is 0 Å². The normalized spacial score (nSPS) is 20.8. The first-order valence-electron chi connectivity index (χ1n) is 4.01. The first kappa shape index (κ1) is 8.56. The Morgan fingerprint density at radius 1 is 1.38 bits per heavy atom. The molecule has 1 aromatic rings. The number of hydrogen-bond acceptors (Lipinski definition) is 3. The average molecular weight is 198 g/mol. The highest BCUT2D eigenvalue weighted by atomic mass is 32.2. The summed E-state index contributed by atoms with van der Waals surface area (Å²) in [6.07, 6.45) is 1.67. The lowest BCUT2D eigenvalue weighted by molar-refractivity contribution is 0.307. The summed E-state index contributed by atoms with van der Waals surface area (Å²) in [5.74, 6) is 0.693. The van der Waals surface area contributed by atoms with E-state index in [2.05, 4.69) is 0 Å². The van der Waals surface area contributed by atoms with Gasteiger partial charge in [0.2, 0.25) is 5.44 Å². The third-order valence-corrected chi connectivity index (χ3v) is 3.31. The van der Waals surface area contributed by atoms with Crippen molar-refractivity contribution in [1.82, 2.24) is 0 Å². The lowest BCUT2D eigenvalue weighted by Crippen LogP contribution is -2.23. The third-order valence-electron chi connectivity index (χ3n) is 2.10. The fraction of sp³-hybridized carbons (Fsp3) is 0.333. The second kappa shape index (κ2) is 2.73. The molecule has 0 aliphatic carbocycles. The van der Waals surface area contributed by atoms with Crippen LogP contribution in [0.3, 0.4) is 0 Å². The van der Waals surface area contributed by atoms with Crippen LogP contribution in [0.1, 0.15) is 5.56 Å². The summed E-state index contributed by atoms with van der Waals surface area (Å²) in [6, 6.07) is 7.40. The van der Waals surface area contributed by atoms with Crippen molar-refractivity contribution in [3.8, 4) is 5.75 Å². The lowest BCUT2D eigenvalue weighted by atomic mass is 10.2. The molecular formula is C9H10O3S. The first-order chi connectivity index (χ1) is 6.07. The van der Waals surface area contributed by atoms with E-state index < -0.39 is 15.3 Å². The molecule has 1 aromatic carbocycles. The molecule has 0 saturated carbocycles. The number of ether oxygens (including phenoxy) is 1. The molecule has 70 valence electrons. The molecule has 0 N–H and O–H groups in total. The molecule has 0 spiro atoms. The van der Waals surface area contributed by atoms with Crippen LogP contribution in [0.5, 0.6) is 5.75 Å². The van der Waals surface area contributed by atoms with Crippen molar-refractivity contribution in [2.75, 3.05) is 6.26 Å². The van der Waals surface area contributed by atoms with E-state index in [9.17, 15) is 8.42 Å². The number of para-hydroxylation sites is 1. The largest absolute Gasteiger partial charge is 0.474 e. The van der Waals surface area contributed by atoms with Gasteiger partial charge in [0.15, 0.2) is 9.84 Å². The maximum atomic E-state index is 11.2. The van der Waals surface area contributed by atoms with Gasteiger partial charge in [-0.25, -0.2) is 8.42 Å².